The van der Waals surface area contributed by atoms with E-state index in [2.05, 4.69) is 58.0 Å². The summed E-state index contributed by atoms with van der Waals surface area (Å²) in [6.45, 7) is 0. The predicted octanol–water partition coefficient (Wildman–Crippen LogP) is 4.60. The van der Waals surface area contributed by atoms with Crippen LogP contribution in [0.2, 0.25) is 0 Å². The molecule has 1 aliphatic rings. The topological polar surface area (TPSA) is 45.5 Å². The fraction of sp³-hybridized carbons (Fsp3) is 0.429. The molecule has 5 nitrogen and oxygen atoms in total. The van der Waals surface area contributed by atoms with Gasteiger partial charge in [-0.3, -0.25) is 4.40 Å². The van der Waals surface area contributed by atoms with Crippen LogP contribution in [0.25, 0.3) is 17.0 Å². The number of hydrogen-bond acceptors (Lipinski definition) is 4. The van der Waals surface area contributed by atoms with E-state index in [-0.39, 0.29) is 0 Å². The van der Waals surface area contributed by atoms with Crippen molar-refractivity contribution in [3.8, 4) is 11.3 Å². The molecule has 0 saturated heterocycles. The molecule has 0 amide bonds. The van der Waals surface area contributed by atoms with Gasteiger partial charge in [-0.15, -0.1) is 0 Å². The summed E-state index contributed by atoms with van der Waals surface area (Å²) in [6.07, 6.45) is 11.6. The highest BCUT2D eigenvalue weighted by Gasteiger charge is 2.19. The Morgan fingerprint density at radius 1 is 1.04 bits per heavy atom. The molecular weight excluding hydrogens is 322 g/mol. The third-order valence-electron chi connectivity index (χ3n) is 5.26. The Labute approximate surface area is 155 Å². The maximum Gasteiger partial charge on any atom is 0.235 e. The average Bonchev–Trinajstić information content (AvgIpc) is 2.83. The Balaban J connectivity index is 1.73. The van der Waals surface area contributed by atoms with Crippen LogP contribution in [0.3, 0.4) is 0 Å². The van der Waals surface area contributed by atoms with E-state index in [0.717, 1.165) is 22.9 Å². The number of aromatic nitrogens is 3. The lowest BCUT2D eigenvalue weighted by molar-refractivity contribution is 0.617. The first-order valence-electron chi connectivity index (χ1n) is 9.60. The van der Waals surface area contributed by atoms with E-state index in [9.17, 15) is 0 Å². The van der Waals surface area contributed by atoms with Gasteiger partial charge in [-0.1, -0.05) is 37.8 Å². The van der Waals surface area contributed by atoms with E-state index in [1.165, 1.54) is 44.2 Å². The molecular formula is C21H27N5. The minimum atomic E-state index is 0.511. The highest BCUT2D eigenvalue weighted by Crippen LogP contribution is 2.31. The molecule has 0 radical (unpaired) electrons. The van der Waals surface area contributed by atoms with Crippen molar-refractivity contribution in [2.75, 3.05) is 24.3 Å². The molecule has 1 aromatic carbocycles. The van der Waals surface area contributed by atoms with E-state index < -0.39 is 0 Å². The van der Waals surface area contributed by atoms with Crippen molar-refractivity contribution in [3.05, 3.63) is 42.7 Å². The Morgan fingerprint density at radius 3 is 2.46 bits per heavy atom. The zero-order valence-corrected chi connectivity index (χ0v) is 15.7. The molecule has 1 fully saturated rings. The third-order valence-corrected chi connectivity index (χ3v) is 5.26. The van der Waals surface area contributed by atoms with E-state index in [1.807, 2.05) is 12.3 Å². The second kappa shape index (κ2) is 7.36. The van der Waals surface area contributed by atoms with Crippen molar-refractivity contribution in [2.45, 2.75) is 44.6 Å². The molecule has 2 aromatic heterocycles. The molecule has 4 rings (SSSR count). The maximum atomic E-state index is 4.82. The monoisotopic (exact) mass is 349 g/mol. The van der Waals surface area contributed by atoms with Gasteiger partial charge >= 0.3 is 0 Å². The van der Waals surface area contributed by atoms with Crippen molar-refractivity contribution in [2.24, 2.45) is 0 Å². The van der Waals surface area contributed by atoms with Crippen molar-refractivity contribution in [1.29, 1.82) is 0 Å². The molecule has 1 N–H and O–H groups in total. The fourth-order valence-corrected chi connectivity index (χ4v) is 3.76. The van der Waals surface area contributed by atoms with Gasteiger partial charge in [0.05, 0.1) is 0 Å². The molecule has 5 heteroatoms. The van der Waals surface area contributed by atoms with Crippen LogP contribution < -0.4 is 10.2 Å². The third kappa shape index (κ3) is 3.39. The van der Waals surface area contributed by atoms with Crippen molar-refractivity contribution in [1.82, 2.24) is 14.4 Å². The van der Waals surface area contributed by atoms with E-state index >= 15 is 0 Å². The minimum Gasteiger partial charge on any atom is -0.378 e. The van der Waals surface area contributed by atoms with Crippen molar-refractivity contribution < 1.29 is 0 Å². The lowest BCUT2D eigenvalue weighted by Gasteiger charge is -2.18. The number of hydrogen-bond donors (Lipinski definition) is 1. The molecule has 3 aromatic rings. The highest BCUT2D eigenvalue weighted by atomic mass is 15.2. The molecule has 0 unspecified atom stereocenters. The zero-order chi connectivity index (χ0) is 17.9. The smallest absolute Gasteiger partial charge is 0.235 e. The van der Waals surface area contributed by atoms with E-state index in [1.54, 1.807) is 6.20 Å². The van der Waals surface area contributed by atoms with E-state index in [0.29, 0.717) is 6.04 Å². The van der Waals surface area contributed by atoms with Crippen LogP contribution in [-0.2, 0) is 0 Å². The average molecular weight is 349 g/mol. The summed E-state index contributed by atoms with van der Waals surface area (Å²) in [5.41, 5.74) is 3.30. The first-order valence-corrected chi connectivity index (χ1v) is 9.60. The van der Waals surface area contributed by atoms with Gasteiger partial charge < -0.3 is 10.2 Å². The van der Waals surface area contributed by atoms with Gasteiger partial charge in [-0.2, -0.15) is 0 Å². The molecule has 1 aliphatic carbocycles. The van der Waals surface area contributed by atoms with E-state index in [4.69, 9.17) is 4.98 Å². The van der Waals surface area contributed by atoms with Crippen LogP contribution in [0.5, 0.6) is 0 Å². The Morgan fingerprint density at radius 2 is 1.77 bits per heavy atom. The molecule has 26 heavy (non-hydrogen) atoms. The Hall–Kier alpha value is -2.56. The lowest BCUT2D eigenvalue weighted by atomic mass is 10.1. The summed E-state index contributed by atoms with van der Waals surface area (Å²) in [4.78, 5) is 11.4. The molecule has 1 saturated carbocycles. The number of anilines is 2. The predicted molar refractivity (Wildman–Crippen MR) is 108 cm³/mol. The normalized spacial score (nSPS) is 15.8. The maximum absolute atomic E-state index is 4.82. The summed E-state index contributed by atoms with van der Waals surface area (Å²) in [7, 11) is 4.12. The van der Waals surface area contributed by atoms with Gasteiger partial charge in [0.2, 0.25) is 5.78 Å². The number of rotatable bonds is 4. The van der Waals surface area contributed by atoms with Crippen LogP contribution in [0.1, 0.15) is 38.5 Å². The quantitative estimate of drug-likeness (QED) is 0.699. The summed E-state index contributed by atoms with van der Waals surface area (Å²) in [5, 5.41) is 3.80. The largest absolute Gasteiger partial charge is 0.378 e. The van der Waals surface area contributed by atoms with Gasteiger partial charge in [0.15, 0.2) is 0 Å². The number of nitrogens with zero attached hydrogens (tertiary/aromatic N) is 4. The van der Waals surface area contributed by atoms with Crippen molar-refractivity contribution >= 4 is 17.3 Å². The molecule has 136 valence electrons. The summed E-state index contributed by atoms with van der Waals surface area (Å²) >= 11 is 0. The number of benzene rings is 1. The lowest BCUT2D eigenvalue weighted by Crippen LogP contribution is -2.19. The summed E-state index contributed by atoms with van der Waals surface area (Å²) in [5.74, 6) is 1.81. The first-order chi connectivity index (χ1) is 12.7. The Bertz CT molecular complexity index is 858. The van der Waals surface area contributed by atoms with Crippen molar-refractivity contribution in [3.63, 3.8) is 0 Å². The van der Waals surface area contributed by atoms with Gasteiger partial charge in [0.1, 0.15) is 11.5 Å². The molecule has 2 heterocycles. The van der Waals surface area contributed by atoms with Crippen LogP contribution in [0, 0.1) is 0 Å². The minimum absolute atomic E-state index is 0.511. The molecule has 0 aliphatic heterocycles. The zero-order valence-electron chi connectivity index (χ0n) is 15.7. The van der Waals surface area contributed by atoms with Crippen LogP contribution in [0.15, 0.2) is 42.7 Å². The summed E-state index contributed by atoms with van der Waals surface area (Å²) < 4.78 is 2.08. The highest BCUT2D eigenvalue weighted by molar-refractivity contribution is 5.76. The second-order valence-corrected chi connectivity index (χ2v) is 7.37. The molecule has 0 bridgehead atoms. The van der Waals surface area contributed by atoms with Gasteiger partial charge in [-0.05, 0) is 31.0 Å². The Kier molecular flexibility index (Phi) is 4.78. The number of nitrogens with one attached hydrogen (secondary N) is 1. The van der Waals surface area contributed by atoms with Gasteiger partial charge in [0, 0.05) is 43.8 Å². The second-order valence-electron chi connectivity index (χ2n) is 7.37. The van der Waals surface area contributed by atoms with Crippen LogP contribution >= 0.6 is 0 Å². The van der Waals surface area contributed by atoms with Crippen LogP contribution in [0.4, 0.5) is 11.5 Å². The molecule has 0 spiro atoms. The number of imidazole rings is 1. The fourth-order valence-electron chi connectivity index (χ4n) is 3.76. The van der Waals surface area contributed by atoms with Gasteiger partial charge in [0.25, 0.3) is 0 Å². The number of fused-ring (bicyclic) bond motifs is 1. The van der Waals surface area contributed by atoms with Crippen LogP contribution in [-0.4, -0.2) is 34.5 Å². The van der Waals surface area contributed by atoms with Gasteiger partial charge in [-0.25, -0.2) is 9.97 Å². The first kappa shape index (κ1) is 16.9. The SMILES string of the molecule is CN(C)c1ccc(-c2nc3ncccn3c2NC2CCCCCC2)cc1. The standard InChI is InChI=1S/C21H27N5/c1-25(2)18-12-10-16(11-13-18)19-20(23-17-8-5-3-4-6-9-17)26-15-7-14-22-21(26)24-19/h7,10-15,17,23H,3-6,8-9H2,1-2H3. The molecule has 0 atom stereocenters. The summed E-state index contributed by atoms with van der Waals surface area (Å²) in [6, 6.07) is 11.1.